The maximum Gasteiger partial charge on any atom is 0.415 e. The summed E-state index contributed by atoms with van der Waals surface area (Å²) < 4.78 is 10.8. The fraction of sp³-hybridized carbons (Fsp3) is 0.394. The first-order valence-electron chi connectivity index (χ1n) is 14.6. The van der Waals surface area contributed by atoms with Crippen LogP contribution in [0.4, 0.5) is 14.6 Å². The lowest BCUT2D eigenvalue weighted by molar-refractivity contribution is 0.125. The molecule has 2 heterocycles. The van der Waals surface area contributed by atoms with E-state index < -0.39 is 12.2 Å². The van der Waals surface area contributed by atoms with E-state index in [0.29, 0.717) is 25.9 Å². The number of nitrogens with one attached hydrogen (secondary N) is 1. The van der Waals surface area contributed by atoms with E-state index in [1.165, 1.54) is 29.8 Å². The molecule has 0 aliphatic carbocycles. The van der Waals surface area contributed by atoms with Gasteiger partial charge in [-0.1, -0.05) is 81.4 Å². The summed E-state index contributed by atoms with van der Waals surface area (Å²) >= 11 is 2.85. The number of benzene rings is 2. The van der Waals surface area contributed by atoms with E-state index in [1.54, 1.807) is 28.3 Å². The van der Waals surface area contributed by atoms with Gasteiger partial charge < -0.3 is 14.8 Å². The van der Waals surface area contributed by atoms with Crippen molar-refractivity contribution in [3.8, 4) is 0 Å². The van der Waals surface area contributed by atoms with Crippen LogP contribution in [0.3, 0.4) is 0 Å². The van der Waals surface area contributed by atoms with E-state index in [4.69, 9.17) is 9.47 Å². The Morgan fingerprint density at radius 1 is 0.886 bits per heavy atom. The molecule has 0 aliphatic rings. The van der Waals surface area contributed by atoms with Crippen LogP contribution in [-0.2, 0) is 28.9 Å². The molecule has 44 heavy (non-hydrogen) atoms. The quantitative estimate of drug-likeness (QED) is 0.165. The van der Waals surface area contributed by atoms with Gasteiger partial charge in [-0.05, 0) is 29.4 Å². The average Bonchev–Trinajstić information content (AvgIpc) is 3.71. The predicted molar refractivity (Wildman–Crippen MR) is 176 cm³/mol. The lowest BCUT2D eigenvalue weighted by Gasteiger charge is -2.38. The molecule has 234 valence electrons. The van der Waals surface area contributed by atoms with Crippen LogP contribution in [0.15, 0.2) is 84.1 Å². The maximum atomic E-state index is 13.3. The molecular formula is C33H41N5O4S2. The summed E-state index contributed by atoms with van der Waals surface area (Å²) in [5.41, 5.74) is 5.60. The van der Waals surface area contributed by atoms with Crippen molar-refractivity contribution >= 4 is 39.9 Å². The number of anilines is 1. The molecule has 0 unspecified atom stereocenters. The second-order valence-electron chi connectivity index (χ2n) is 11.9. The Kier molecular flexibility index (Phi) is 12.3. The topological polar surface area (TPSA) is 96.9 Å². The summed E-state index contributed by atoms with van der Waals surface area (Å²) in [5, 5.41) is 3.85. The summed E-state index contributed by atoms with van der Waals surface area (Å²) in [5.74, 6) is 0. The lowest BCUT2D eigenvalue weighted by Crippen LogP contribution is -2.53. The number of carbonyl (C=O) groups is 2. The highest BCUT2D eigenvalue weighted by molar-refractivity contribution is 7.14. The molecular weight excluding hydrogens is 595 g/mol. The van der Waals surface area contributed by atoms with Crippen LogP contribution in [0.25, 0.3) is 0 Å². The lowest BCUT2D eigenvalue weighted by atomic mass is 9.94. The van der Waals surface area contributed by atoms with Crippen molar-refractivity contribution in [1.29, 1.82) is 0 Å². The van der Waals surface area contributed by atoms with Crippen molar-refractivity contribution in [2.75, 3.05) is 31.6 Å². The number of amides is 2. The molecule has 2 aromatic carbocycles. The molecule has 4 aromatic rings. The SMILES string of the molecule is COC(=O)N(c1cncs1)[C@@H](Cc1ccccc1)CN(C[C@@H](Cc1ccccc1)NC(=O)OCc1cncs1)CC(C)(C)C. The number of aromatic nitrogens is 2. The van der Waals surface area contributed by atoms with Crippen LogP contribution in [0.5, 0.6) is 0 Å². The highest BCUT2D eigenvalue weighted by atomic mass is 32.1. The molecule has 9 nitrogen and oxygen atoms in total. The Morgan fingerprint density at radius 3 is 2.09 bits per heavy atom. The molecule has 2 aromatic heterocycles. The van der Waals surface area contributed by atoms with Crippen molar-refractivity contribution in [3.63, 3.8) is 0 Å². The van der Waals surface area contributed by atoms with Crippen molar-refractivity contribution < 1.29 is 19.1 Å². The van der Waals surface area contributed by atoms with E-state index in [2.05, 4.69) is 65.2 Å². The summed E-state index contributed by atoms with van der Waals surface area (Å²) in [6, 6.07) is 19.7. The van der Waals surface area contributed by atoms with Crippen molar-refractivity contribution in [2.45, 2.75) is 52.3 Å². The highest BCUT2D eigenvalue weighted by Crippen LogP contribution is 2.26. The number of hydrogen-bond acceptors (Lipinski definition) is 9. The Bertz CT molecular complexity index is 1400. The molecule has 0 saturated heterocycles. The highest BCUT2D eigenvalue weighted by Gasteiger charge is 2.32. The third kappa shape index (κ3) is 10.7. The Hall–Kier alpha value is -3.80. The van der Waals surface area contributed by atoms with Gasteiger partial charge >= 0.3 is 12.2 Å². The van der Waals surface area contributed by atoms with Crippen LogP contribution in [-0.4, -0.2) is 65.9 Å². The zero-order chi connectivity index (χ0) is 31.4. The fourth-order valence-electron chi connectivity index (χ4n) is 5.17. The van der Waals surface area contributed by atoms with E-state index >= 15 is 0 Å². The average molecular weight is 636 g/mol. The summed E-state index contributed by atoms with van der Waals surface area (Å²) in [7, 11) is 1.40. The summed E-state index contributed by atoms with van der Waals surface area (Å²) in [6.07, 6.45) is 3.73. The standard InChI is InChI=1S/C33H41N5O4S2/c1-33(2,3)22-37(19-27(15-25-11-7-5-8-12-25)36-31(39)42-21-29-17-34-23-43-29)20-28(16-26-13-9-6-10-14-26)38(32(40)41-4)30-18-35-24-44-30/h5-14,17-18,23-24,27-28H,15-16,19-22H2,1-4H3,(H,36,39)/t27-,28+/m1/s1. The fourth-order valence-corrected chi connectivity index (χ4v) is 6.37. The molecule has 11 heteroatoms. The van der Waals surface area contributed by atoms with Gasteiger partial charge in [0, 0.05) is 31.9 Å². The van der Waals surface area contributed by atoms with Crippen LogP contribution in [0.1, 0.15) is 36.8 Å². The number of alkyl carbamates (subject to hydrolysis) is 1. The number of methoxy groups -OCH3 is 1. The molecule has 1 N–H and O–H groups in total. The number of thiazole rings is 2. The van der Waals surface area contributed by atoms with Crippen molar-refractivity contribution in [3.05, 3.63) is 100 Å². The van der Waals surface area contributed by atoms with Gasteiger partial charge in [-0.2, -0.15) is 0 Å². The van der Waals surface area contributed by atoms with Crippen LogP contribution in [0, 0.1) is 5.41 Å². The largest absolute Gasteiger partial charge is 0.452 e. The smallest absolute Gasteiger partial charge is 0.415 e. The summed E-state index contributed by atoms with van der Waals surface area (Å²) in [6.45, 7) is 8.57. The zero-order valence-electron chi connectivity index (χ0n) is 25.7. The normalized spacial score (nSPS) is 12.8. The van der Waals surface area contributed by atoms with Gasteiger partial charge in [0.05, 0.1) is 35.2 Å². The number of hydrogen-bond donors (Lipinski definition) is 1. The maximum absolute atomic E-state index is 13.3. The molecule has 0 saturated carbocycles. The molecule has 4 rings (SSSR count). The van der Waals surface area contributed by atoms with E-state index in [0.717, 1.165) is 27.5 Å². The van der Waals surface area contributed by atoms with Crippen molar-refractivity contribution in [2.24, 2.45) is 5.41 Å². The third-order valence-electron chi connectivity index (χ3n) is 6.83. The van der Waals surface area contributed by atoms with Gasteiger partial charge in [-0.3, -0.25) is 19.8 Å². The first-order valence-corrected chi connectivity index (χ1v) is 16.3. The zero-order valence-corrected chi connectivity index (χ0v) is 27.4. The molecule has 0 fully saturated rings. The van der Waals surface area contributed by atoms with Gasteiger partial charge in [0.1, 0.15) is 11.6 Å². The molecule has 0 radical (unpaired) electrons. The van der Waals surface area contributed by atoms with Gasteiger partial charge in [-0.25, -0.2) is 9.59 Å². The van der Waals surface area contributed by atoms with Crippen LogP contribution >= 0.6 is 22.7 Å². The number of ether oxygens (including phenoxy) is 2. The first kappa shape index (κ1) is 33.1. The Morgan fingerprint density at radius 2 is 1.52 bits per heavy atom. The minimum atomic E-state index is -0.475. The minimum absolute atomic E-state index is 0.0537. The number of nitrogens with zero attached hydrogens (tertiary/aromatic N) is 4. The molecule has 0 bridgehead atoms. The van der Waals surface area contributed by atoms with Crippen LogP contribution in [0.2, 0.25) is 0 Å². The molecule has 0 aliphatic heterocycles. The minimum Gasteiger partial charge on any atom is -0.452 e. The summed E-state index contributed by atoms with van der Waals surface area (Å²) in [4.78, 5) is 39.5. The molecule has 2 atom stereocenters. The number of rotatable bonds is 14. The predicted octanol–water partition coefficient (Wildman–Crippen LogP) is 6.67. The van der Waals surface area contributed by atoms with Crippen LogP contribution < -0.4 is 10.2 Å². The first-order chi connectivity index (χ1) is 21.2. The molecule has 0 spiro atoms. The van der Waals surface area contributed by atoms with E-state index in [9.17, 15) is 9.59 Å². The van der Waals surface area contributed by atoms with Gasteiger partial charge in [0.2, 0.25) is 0 Å². The van der Waals surface area contributed by atoms with Gasteiger partial charge in [-0.15, -0.1) is 22.7 Å². The van der Waals surface area contributed by atoms with Gasteiger partial charge in [0.15, 0.2) is 0 Å². The van der Waals surface area contributed by atoms with E-state index in [-0.39, 0.29) is 24.1 Å². The number of carbonyl (C=O) groups excluding carboxylic acids is 2. The molecule has 2 amide bonds. The second kappa shape index (κ2) is 16.3. The van der Waals surface area contributed by atoms with Gasteiger partial charge in [0.25, 0.3) is 0 Å². The third-order valence-corrected chi connectivity index (χ3v) is 8.35. The van der Waals surface area contributed by atoms with Crippen molar-refractivity contribution in [1.82, 2.24) is 20.2 Å². The Labute approximate surface area is 267 Å². The monoisotopic (exact) mass is 635 g/mol. The second-order valence-corrected chi connectivity index (χ2v) is 13.7. The van der Waals surface area contributed by atoms with E-state index in [1.807, 2.05) is 36.4 Å². The Balaban J connectivity index is 1.61.